The molecule has 0 atom stereocenters. The Morgan fingerprint density at radius 1 is 1.24 bits per heavy atom. The maximum Gasteiger partial charge on any atom is 0.272 e. The average molecular weight is 390 g/mol. The number of nitro groups is 1. The third-order valence-corrected chi connectivity index (χ3v) is 4.41. The number of carbonyl (C=O) groups excluding carboxylic acids is 1. The molecular formula is C19H14N6O4. The van der Waals surface area contributed by atoms with Gasteiger partial charge >= 0.3 is 0 Å². The van der Waals surface area contributed by atoms with Gasteiger partial charge in [0.1, 0.15) is 5.39 Å². The first kappa shape index (κ1) is 18.0. The van der Waals surface area contributed by atoms with Gasteiger partial charge in [0.2, 0.25) is 0 Å². The van der Waals surface area contributed by atoms with Gasteiger partial charge in [0, 0.05) is 17.2 Å². The van der Waals surface area contributed by atoms with Gasteiger partial charge in [-0.1, -0.05) is 12.1 Å². The summed E-state index contributed by atoms with van der Waals surface area (Å²) in [5.41, 5.74) is 1.61. The predicted octanol–water partition coefficient (Wildman–Crippen LogP) is 2.58. The molecule has 2 heterocycles. The maximum absolute atomic E-state index is 12.7. The average Bonchev–Trinajstić information content (AvgIpc) is 3.13. The minimum Gasteiger partial charge on any atom is -0.320 e. The molecule has 0 aliphatic heterocycles. The lowest BCUT2D eigenvalue weighted by atomic mass is 10.1. The molecule has 0 unspecified atom stereocenters. The number of amides is 1. The SMILES string of the molecule is Cc1cc(C(=O)Nc2ccccc2-n2ncc3c(=O)[nH]cnc32)ccc1[N+](=O)[O-]. The normalized spacial score (nSPS) is 10.8. The predicted molar refractivity (Wildman–Crippen MR) is 105 cm³/mol. The fourth-order valence-corrected chi connectivity index (χ4v) is 2.99. The molecule has 0 saturated heterocycles. The van der Waals surface area contributed by atoms with Crippen LogP contribution in [-0.4, -0.2) is 30.6 Å². The summed E-state index contributed by atoms with van der Waals surface area (Å²) >= 11 is 0. The number of nitrogens with zero attached hydrogens (tertiary/aromatic N) is 4. The number of H-pyrrole nitrogens is 1. The van der Waals surface area contributed by atoms with Crippen LogP contribution in [0.1, 0.15) is 15.9 Å². The molecule has 0 fully saturated rings. The number of carbonyl (C=O) groups is 1. The molecule has 4 rings (SSSR count). The number of nitrogens with one attached hydrogen (secondary N) is 2. The number of benzene rings is 2. The van der Waals surface area contributed by atoms with Crippen molar-refractivity contribution < 1.29 is 9.72 Å². The second-order valence-corrected chi connectivity index (χ2v) is 6.25. The monoisotopic (exact) mass is 390 g/mol. The quantitative estimate of drug-likeness (QED) is 0.406. The second-order valence-electron chi connectivity index (χ2n) is 6.25. The number of nitro benzene ring substituents is 1. The Bertz CT molecular complexity index is 1320. The summed E-state index contributed by atoms with van der Waals surface area (Å²) in [5.74, 6) is -0.433. The van der Waals surface area contributed by atoms with E-state index in [1.54, 1.807) is 31.2 Å². The summed E-state index contributed by atoms with van der Waals surface area (Å²) in [6.45, 7) is 1.57. The van der Waals surface area contributed by atoms with Crippen molar-refractivity contribution in [3.8, 4) is 5.69 Å². The minimum absolute atomic E-state index is 0.0544. The minimum atomic E-state index is -0.496. The first-order chi connectivity index (χ1) is 14.0. The van der Waals surface area contributed by atoms with E-state index in [0.29, 0.717) is 28.0 Å². The molecular weight excluding hydrogens is 376 g/mol. The van der Waals surface area contributed by atoms with E-state index >= 15 is 0 Å². The van der Waals surface area contributed by atoms with Crippen molar-refractivity contribution in [1.82, 2.24) is 19.7 Å². The largest absolute Gasteiger partial charge is 0.320 e. The van der Waals surface area contributed by atoms with Crippen LogP contribution in [0.15, 0.2) is 59.8 Å². The molecule has 144 valence electrons. The third-order valence-electron chi connectivity index (χ3n) is 4.41. The van der Waals surface area contributed by atoms with Crippen LogP contribution in [0.4, 0.5) is 11.4 Å². The van der Waals surface area contributed by atoms with E-state index in [2.05, 4.69) is 20.4 Å². The van der Waals surface area contributed by atoms with Crippen molar-refractivity contribution in [2.45, 2.75) is 6.92 Å². The highest BCUT2D eigenvalue weighted by Crippen LogP contribution is 2.24. The van der Waals surface area contributed by atoms with E-state index in [1.165, 1.54) is 35.4 Å². The lowest BCUT2D eigenvalue weighted by Gasteiger charge is -2.12. The van der Waals surface area contributed by atoms with Gasteiger partial charge in [-0.2, -0.15) is 5.10 Å². The fourth-order valence-electron chi connectivity index (χ4n) is 2.99. The number of fused-ring (bicyclic) bond motifs is 1. The van der Waals surface area contributed by atoms with Crippen LogP contribution in [-0.2, 0) is 0 Å². The Morgan fingerprint density at radius 3 is 2.79 bits per heavy atom. The Morgan fingerprint density at radius 2 is 2.03 bits per heavy atom. The van der Waals surface area contributed by atoms with Crippen LogP contribution in [0.5, 0.6) is 0 Å². The Hall–Kier alpha value is -4.34. The number of rotatable bonds is 4. The molecule has 0 aliphatic rings. The number of anilines is 1. The third kappa shape index (κ3) is 3.23. The first-order valence-electron chi connectivity index (χ1n) is 8.53. The topological polar surface area (TPSA) is 136 Å². The number of hydrogen-bond acceptors (Lipinski definition) is 6. The Balaban J connectivity index is 1.71. The van der Waals surface area contributed by atoms with Gasteiger partial charge < -0.3 is 10.3 Å². The highest BCUT2D eigenvalue weighted by Gasteiger charge is 2.17. The second kappa shape index (κ2) is 7.00. The Kier molecular flexibility index (Phi) is 4.36. The molecule has 0 saturated carbocycles. The van der Waals surface area contributed by atoms with Crippen molar-refractivity contribution in [3.05, 3.63) is 86.6 Å². The summed E-state index contributed by atoms with van der Waals surface area (Å²) in [4.78, 5) is 41.7. The summed E-state index contributed by atoms with van der Waals surface area (Å²) in [7, 11) is 0. The van der Waals surface area contributed by atoms with Crippen LogP contribution < -0.4 is 10.9 Å². The summed E-state index contributed by atoms with van der Waals surface area (Å²) < 4.78 is 1.46. The lowest BCUT2D eigenvalue weighted by molar-refractivity contribution is -0.385. The lowest BCUT2D eigenvalue weighted by Crippen LogP contribution is -2.15. The van der Waals surface area contributed by atoms with Crippen LogP contribution in [0.3, 0.4) is 0 Å². The highest BCUT2D eigenvalue weighted by molar-refractivity contribution is 6.05. The molecule has 10 heteroatoms. The van der Waals surface area contributed by atoms with Gasteiger partial charge in [-0.25, -0.2) is 9.67 Å². The van der Waals surface area contributed by atoms with E-state index in [1.807, 2.05) is 0 Å². The number of aromatic amines is 1. The number of hydrogen-bond donors (Lipinski definition) is 2. The van der Waals surface area contributed by atoms with Gasteiger partial charge in [0.05, 0.1) is 28.8 Å². The van der Waals surface area contributed by atoms with E-state index in [-0.39, 0.29) is 16.8 Å². The van der Waals surface area contributed by atoms with Crippen LogP contribution in [0, 0.1) is 17.0 Å². The van der Waals surface area contributed by atoms with Crippen LogP contribution >= 0.6 is 0 Å². The molecule has 4 aromatic rings. The molecule has 0 radical (unpaired) electrons. The van der Waals surface area contributed by atoms with Gasteiger partial charge in [0.15, 0.2) is 5.65 Å². The summed E-state index contributed by atoms with van der Waals surface area (Å²) in [5, 5.41) is 18.3. The molecule has 2 aromatic carbocycles. The van der Waals surface area contributed by atoms with E-state index in [9.17, 15) is 19.7 Å². The molecule has 1 amide bonds. The molecule has 2 aromatic heterocycles. The number of para-hydroxylation sites is 2. The van der Waals surface area contributed by atoms with Gasteiger partial charge in [-0.05, 0) is 31.2 Å². The number of aromatic nitrogens is 4. The summed E-state index contributed by atoms with van der Waals surface area (Å²) in [6, 6.07) is 11.1. The Labute approximate surface area is 163 Å². The molecule has 0 aliphatic carbocycles. The molecule has 10 nitrogen and oxygen atoms in total. The van der Waals surface area contributed by atoms with Gasteiger partial charge in [-0.15, -0.1) is 0 Å². The maximum atomic E-state index is 12.7. The standard InChI is InChI=1S/C19H14N6O4/c1-11-8-12(6-7-15(11)25(28)29)18(26)23-14-4-2-3-5-16(14)24-17-13(9-22-24)19(27)21-10-20-17/h2-10H,1H3,(H,23,26)(H,20,21,27). The summed E-state index contributed by atoms with van der Waals surface area (Å²) in [6.07, 6.45) is 2.68. The fraction of sp³-hybridized carbons (Fsp3) is 0.0526. The molecule has 2 N–H and O–H groups in total. The van der Waals surface area contributed by atoms with E-state index in [0.717, 1.165) is 0 Å². The zero-order valence-corrected chi connectivity index (χ0v) is 15.1. The zero-order valence-electron chi connectivity index (χ0n) is 15.1. The first-order valence-corrected chi connectivity index (χ1v) is 8.53. The van der Waals surface area contributed by atoms with Crippen LogP contribution in [0.2, 0.25) is 0 Å². The van der Waals surface area contributed by atoms with Crippen molar-refractivity contribution in [1.29, 1.82) is 0 Å². The van der Waals surface area contributed by atoms with Crippen LogP contribution in [0.25, 0.3) is 16.7 Å². The van der Waals surface area contributed by atoms with Gasteiger partial charge in [-0.3, -0.25) is 19.7 Å². The van der Waals surface area contributed by atoms with Crippen molar-refractivity contribution in [2.75, 3.05) is 5.32 Å². The zero-order chi connectivity index (χ0) is 20.5. The van der Waals surface area contributed by atoms with Crippen molar-refractivity contribution in [2.24, 2.45) is 0 Å². The van der Waals surface area contributed by atoms with Crippen molar-refractivity contribution in [3.63, 3.8) is 0 Å². The van der Waals surface area contributed by atoms with Gasteiger partial charge in [0.25, 0.3) is 17.2 Å². The number of aryl methyl sites for hydroxylation is 1. The molecule has 29 heavy (non-hydrogen) atoms. The molecule has 0 bridgehead atoms. The van der Waals surface area contributed by atoms with E-state index in [4.69, 9.17) is 0 Å². The van der Waals surface area contributed by atoms with Crippen molar-refractivity contribution >= 4 is 28.3 Å². The van der Waals surface area contributed by atoms with E-state index < -0.39 is 10.8 Å². The molecule has 0 spiro atoms. The smallest absolute Gasteiger partial charge is 0.272 e. The highest BCUT2D eigenvalue weighted by atomic mass is 16.6.